The first kappa shape index (κ1) is 19.8. The number of nitrogens with zero attached hydrogens (tertiary/aromatic N) is 1. The maximum Gasteiger partial charge on any atom is 0.252 e. The molecule has 0 aliphatic carbocycles. The van der Waals surface area contributed by atoms with Gasteiger partial charge in [-0.1, -0.05) is 19.1 Å². The minimum absolute atomic E-state index is 0.0954. The second kappa shape index (κ2) is 7.72. The molecule has 0 spiro atoms. The lowest BCUT2D eigenvalue weighted by molar-refractivity contribution is 0.0964. The number of primary amides is 1. The SMILES string of the molecule is CCNCc1[nH]c(-c2ccc(-c3ccc(C(N)=O)cc3F)c3c2C(=O)NC3)nc1C. The van der Waals surface area contributed by atoms with Crippen LogP contribution in [0.5, 0.6) is 0 Å². The topological polar surface area (TPSA) is 113 Å². The van der Waals surface area contributed by atoms with E-state index in [0.717, 1.165) is 24.0 Å². The van der Waals surface area contributed by atoms with Crippen LogP contribution in [0, 0.1) is 12.7 Å². The Morgan fingerprint density at radius 2 is 1.97 bits per heavy atom. The Morgan fingerprint density at radius 1 is 1.23 bits per heavy atom. The van der Waals surface area contributed by atoms with Gasteiger partial charge >= 0.3 is 0 Å². The average Bonchev–Trinajstić information content (AvgIpc) is 3.29. The molecule has 2 amide bonds. The lowest BCUT2D eigenvalue weighted by Crippen LogP contribution is -2.13. The molecular weight excluding hydrogens is 385 g/mol. The molecular formula is C22H22FN5O2. The molecule has 0 fully saturated rings. The third kappa shape index (κ3) is 3.35. The highest BCUT2D eigenvalue weighted by Crippen LogP contribution is 2.36. The highest BCUT2D eigenvalue weighted by molar-refractivity contribution is 6.06. The third-order valence-electron chi connectivity index (χ3n) is 5.30. The van der Waals surface area contributed by atoms with Crippen LogP contribution in [0.25, 0.3) is 22.5 Å². The molecule has 0 saturated carbocycles. The van der Waals surface area contributed by atoms with Gasteiger partial charge in [-0.15, -0.1) is 0 Å². The molecule has 1 aliphatic heterocycles. The fourth-order valence-corrected chi connectivity index (χ4v) is 3.73. The standard InChI is InChI=1S/C22H22FN5O2/c1-3-25-10-18-11(2)27-21(28-18)15-7-6-13(16-9-26-22(30)19(15)16)14-5-4-12(20(24)29)8-17(14)23/h4-8,25H,3,9-10H2,1-2H3,(H2,24,29)(H,26,30)(H,27,28). The number of fused-ring (bicyclic) bond motifs is 1. The molecule has 0 bridgehead atoms. The number of carbonyl (C=O) groups excluding carboxylic acids is 2. The minimum Gasteiger partial charge on any atom is -0.366 e. The maximum absolute atomic E-state index is 14.7. The van der Waals surface area contributed by atoms with E-state index < -0.39 is 11.7 Å². The van der Waals surface area contributed by atoms with Gasteiger partial charge in [0.1, 0.15) is 11.6 Å². The van der Waals surface area contributed by atoms with Crippen molar-refractivity contribution in [3.8, 4) is 22.5 Å². The summed E-state index contributed by atoms with van der Waals surface area (Å²) in [7, 11) is 0. The van der Waals surface area contributed by atoms with Gasteiger partial charge in [0.2, 0.25) is 5.91 Å². The lowest BCUT2D eigenvalue weighted by atomic mass is 9.92. The number of carbonyl (C=O) groups is 2. The molecule has 4 rings (SSSR count). The van der Waals surface area contributed by atoms with Gasteiger partial charge in [-0.25, -0.2) is 9.37 Å². The van der Waals surface area contributed by atoms with Crippen molar-refractivity contribution in [1.29, 1.82) is 0 Å². The highest BCUT2D eigenvalue weighted by Gasteiger charge is 2.28. The highest BCUT2D eigenvalue weighted by atomic mass is 19.1. The van der Waals surface area contributed by atoms with Crippen LogP contribution in [0.3, 0.4) is 0 Å². The van der Waals surface area contributed by atoms with E-state index in [4.69, 9.17) is 5.73 Å². The van der Waals surface area contributed by atoms with Gasteiger partial charge in [0.25, 0.3) is 5.91 Å². The predicted octanol–water partition coefficient (Wildman–Crippen LogP) is 2.64. The van der Waals surface area contributed by atoms with E-state index in [2.05, 4.69) is 20.6 Å². The van der Waals surface area contributed by atoms with E-state index in [9.17, 15) is 14.0 Å². The summed E-state index contributed by atoms with van der Waals surface area (Å²) in [5.41, 5.74) is 9.89. The summed E-state index contributed by atoms with van der Waals surface area (Å²) in [6.45, 7) is 5.71. The molecule has 30 heavy (non-hydrogen) atoms. The van der Waals surface area contributed by atoms with Crippen molar-refractivity contribution in [2.45, 2.75) is 26.9 Å². The molecule has 0 saturated heterocycles. The van der Waals surface area contributed by atoms with Gasteiger partial charge in [0.05, 0.1) is 17.0 Å². The summed E-state index contributed by atoms with van der Waals surface area (Å²) in [5, 5.41) is 6.08. The van der Waals surface area contributed by atoms with Gasteiger partial charge in [-0.2, -0.15) is 0 Å². The van der Waals surface area contributed by atoms with Crippen molar-refractivity contribution >= 4 is 11.8 Å². The van der Waals surface area contributed by atoms with Gasteiger partial charge < -0.3 is 21.4 Å². The molecule has 0 unspecified atom stereocenters. The first-order chi connectivity index (χ1) is 14.4. The number of halogens is 1. The summed E-state index contributed by atoms with van der Waals surface area (Å²) >= 11 is 0. The molecule has 154 valence electrons. The van der Waals surface area contributed by atoms with Crippen molar-refractivity contribution in [2.24, 2.45) is 5.73 Å². The number of imidazole rings is 1. The Labute approximate surface area is 172 Å². The van der Waals surface area contributed by atoms with Crippen LogP contribution in [0.4, 0.5) is 4.39 Å². The number of aryl methyl sites for hydroxylation is 1. The van der Waals surface area contributed by atoms with Crippen molar-refractivity contribution in [3.63, 3.8) is 0 Å². The summed E-state index contributed by atoms with van der Waals surface area (Å²) in [5.74, 6) is -0.884. The number of amides is 2. The van der Waals surface area contributed by atoms with Crippen molar-refractivity contribution in [2.75, 3.05) is 6.54 Å². The van der Waals surface area contributed by atoms with Crippen molar-refractivity contribution in [1.82, 2.24) is 20.6 Å². The molecule has 0 radical (unpaired) electrons. The summed E-state index contributed by atoms with van der Waals surface area (Å²) in [6, 6.07) is 7.66. The Kier molecular flexibility index (Phi) is 5.09. The van der Waals surface area contributed by atoms with E-state index in [-0.39, 0.29) is 18.0 Å². The van der Waals surface area contributed by atoms with Crippen LogP contribution < -0.4 is 16.4 Å². The van der Waals surface area contributed by atoms with E-state index in [1.54, 1.807) is 12.1 Å². The molecule has 2 heterocycles. The zero-order valence-corrected chi connectivity index (χ0v) is 16.7. The molecule has 7 nitrogen and oxygen atoms in total. The quantitative estimate of drug-likeness (QED) is 0.503. The van der Waals surface area contributed by atoms with Crippen LogP contribution in [0.15, 0.2) is 30.3 Å². The third-order valence-corrected chi connectivity index (χ3v) is 5.30. The van der Waals surface area contributed by atoms with E-state index in [1.165, 1.54) is 12.1 Å². The fourth-order valence-electron chi connectivity index (χ4n) is 3.73. The van der Waals surface area contributed by atoms with Crippen LogP contribution >= 0.6 is 0 Å². The van der Waals surface area contributed by atoms with Gasteiger partial charge in [-0.3, -0.25) is 9.59 Å². The molecule has 2 aromatic carbocycles. The molecule has 3 aromatic rings. The Balaban J connectivity index is 1.82. The number of rotatable bonds is 6. The largest absolute Gasteiger partial charge is 0.366 e. The van der Waals surface area contributed by atoms with Crippen LogP contribution in [-0.2, 0) is 13.1 Å². The number of nitrogens with one attached hydrogen (secondary N) is 3. The number of H-pyrrole nitrogens is 1. The number of benzene rings is 2. The predicted molar refractivity (Wildman–Crippen MR) is 111 cm³/mol. The van der Waals surface area contributed by atoms with Gasteiger partial charge in [0, 0.05) is 29.8 Å². The molecule has 0 atom stereocenters. The van der Waals surface area contributed by atoms with Crippen molar-refractivity contribution < 1.29 is 14.0 Å². The second-order valence-electron chi connectivity index (χ2n) is 7.19. The lowest BCUT2D eigenvalue weighted by Gasteiger charge is -2.12. The zero-order chi connectivity index (χ0) is 21.4. The van der Waals surface area contributed by atoms with Gasteiger partial charge in [0.15, 0.2) is 0 Å². The summed E-state index contributed by atoms with van der Waals surface area (Å²) in [4.78, 5) is 31.8. The fraction of sp³-hybridized carbons (Fsp3) is 0.227. The zero-order valence-electron chi connectivity index (χ0n) is 16.7. The molecule has 1 aromatic heterocycles. The van der Waals surface area contributed by atoms with Crippen molar-refractivity contribution in [3.05, 3.63) is 64.2 Å². The van der Waals surface area contributed by atoms with E-state index in [0.29, 0.717) is 40.2 Å². The van der Waals surface area contributed by atoms with Crippen LogP contribution in [0.2, 0.25) is 0 Å². The monoisotopic (exact) mass is 407 g/mol. The normalized spacial score (nSPS) is 12.7. The first-order valence-corrected chi connectivity index (χ1v) is 9.71. The number of aromatic amines is 1. The maximum atomic E-state index is 14.7. The first-order valence-electron chi connectivity index (χ1n) is 9.71. The van der Waals surface area contributed by atoms with Crippen LogP contribution in [-0.4, -0.2) is 28.3 Å². The minimum atomic E-state index is -0.695. The molecule has 8 heteroatoms. The number of hydrogen-bond acceptors (Lipinski definition) is 4. The molecule has 5 N–H and O–H groups in total. The average molecular weight is 407 g/mol. The Hall–Kier alpha value is -3.52. The Bertz CT molecular complexity index is 1170. The summed E-state index contributed by atoms with van der Waals surface area (Å²) < 4.78 is 14.7. The second-order valence-corrected chi connectivity index (χ2v) is 7.19. The van der Waals surface area contributed by atoms with Gasteiger partial charge in [-0.05, 0) is 42.8 Å². The number of aromatic nitrogens is 2. The Morgan fingerprint density at radius 3 is 2.67 bits per heavy atom. The number of nitrogens with two attached hydrogens (primary N) is 1. The number of hydrogen-bond donors (Lipinski definition) is 4. The molecule has 1 aliphatic rings. The van der Waals surface area contributed by atoms with E-state index >= 15 is 0 Å². The summed E-state index contributed by atoms with van der Waals surface area (Å²) in [6.07, 6.45) is 0. The van der Waals surface area contributed by atoms with Crippen LogP contribution in [0.1, 0.15) is 44.6 Å². The van der Waals surface area contributed by atoms with E-state index in [1.807, 2.05) is 13.8 Å². The smallest absolute Gasteiger partial charge is 0.252 e.